The van der Waals surface area contributed by atoms with Gasteiger partial charge in [0.25, 0.3) is 0 Å². The normalized spacial score (nSPS) is 19.8. The summed E-state index contributed by atoms with van der Waals surface area (Å²) in [5.74, 6) is 0. The predicted octanol–water partition coefficient (Wildman–Crippen LogP) is 2.34. The minimum atomic E-state index is 0.399. The zero-order valence-electron chi connectivity index (χ0n) is 10.8. The molecule has 0 amide bonds. The fourth-order valence-corrected chi connectivity index (χ4v) is 2.13. The van der Waals surface area contributed by atoms with E-state index in [4.69, 9.17) is 4.74 Å². The van der Waals surface area contributed by atoms with Gasteiger partial charge < -0.3 is 15.0 Å². The van der Waals surface area contributed by atoms with Crippen LogP contribution in [0.25, 0.3) is 0 Å². The molecule has 1 saturated heterocycles. The third kappa shape index (κ3) is 4.02. The molecule has 1 aliphatic rings. The van der Waals surface area contributed by atoms with E-state index in [9.17, 15) is 0 Å². The zero-order chi connectivity index (χ0) is 12.1. The lowest BCUT2D eigenvalue weighted by Gasteiger charge is -2.13. The molecule has 2 rings (SSSR count). The van der Waals surface area contributed by atoms with Crippen LogP contribution in [0.1, 0.15) is 18.4 Å². The quantitative estimate of drug-likeness (QED) is 0.846. The topological polar surface area (TPSA) is 24.5 Å². The summed E-state index contributed by atoms with van der Waals surface area (Å²) in [4.78, 5) is 2.18. The van der Waals surface area contributed by atoms with Crippen LogP contribution in [-0.2, 0) is 11.3 Å². The lowest BCUT2D eigenvalue weighted by Crippen LogP contribution is -2.18. The number of hydrogen-bond acceptors (Lipinski definition) is 3. The van der Waals surface area contributed by atoms with E-state index in [-0.39, 0.29) is 0 Å². The van der Waals surface area contributed by atoms with E-state index in [0.29, 0.717) is 6.10 Å². The van der Waals surface area contributed by atoms with Gasteiger partial charge in [-0.1, -0.05) is 12.1 Å². The molecule has 1 aliphatic heterocycles. The molecule has 1 aromatic rings. The molecule has 0 spiro atoms. The first kappa shape index (κ1) is 12.4. The maximum absolute atomic E-state index is 5.58. The first-order valence-electron chi connectivity index (χ1n) is 6.33. The standard InChI is InChI=1S/C14H22N2O/c1-16(2)11-12-5-7-13(8-6-12)15-10-14-4-3-9-17-14/h5-8,14-15H,3-4,9-11H2,1-2H3. The molecular formula is C14H22N2O. The van der Waals surface area contributed by atoms with Crippen molar-refractivity contribution in [2.45, 2.75) is 25.5 Å². The molecule has 1 atom stereocenters. The molecule has 17 heavy (non-hydrogen) atoms. The third-order valence-corrected chi connectivity index (χ3v) is 3.01. The average Bonchev–Trinajstić information content (AvgIpc) is 2.80. The van der Waals surface area contributed by atoms with Crippen molar-refractivity contribution >= 4 is 5.69 Å². The van der Waals surface area contributed by atoms with Crippen LogP contribution in [0.4, 0.5) is 5.69 Å². The molecule has 0 bridgehead atoms. The Morgan fingerprint density at radius 1 is 1.29 bits per heavy atom. The molecule has 1 N–H and O–H groups in total. The van der Waals surface area contributed by atoms with E-state index in [0.717, 1.165) is 19.7 Å². The number of ether oxygens (including phenoxy) is 1. The molecule has 0 saturated carbocycles. The summed E-state index contributed by atoms with van der Waals surface area (Å²) in [7, 11) is 4.17. The summed E-state index contributed by atoms with van der Waals surface area (Å²) in [5, 5.41) is 3.43. The zero-order valence-corrected chi connectivity index (χ0v) is 10.8. The fourth-order valence-electron chi connectivity index (χ4n) is 2.13. The molecule has 3 heteroatoms. The summed E-state index contributed by atoms with van der Waals surface area (Å²) in [6, 6.07) is 8.65. The number of hydrogen-bond donors (Lipinski definition) is 1. The van der Waals surface area contributed by atoms with E-state index in [1.165, 1.54) is 24.1 Å². The Kier molecular flexibility index (Phi) is 4.40. The molecule has 1 heterocycles. The molecule has 0 aliphatic carbocycles. The summed E-state index contributed by atoms with van der Waals surface area (Å²) >= 11 is 0. The SMILES string of the molecule is CN(C)Cc1ccc(NCC2CCCO2)cc1. The minimum Gasteiger partial charge on any atom is -0.382 e. The number of rotatable bonds is 5. The van der Waals surface area contributed by atoms with Crippen LogP contribution in [0, 0.1) is 0 Å². The summed E-state index contributed by atoms with van der Waals surface area (Å²) < 4.78 is 5.58. The first-order chi connectivity index (χ1) is 8.24. The Balaban J connectivity index is 1.80. The number of nitrogens with zero attached hydrogens (tertiary/aromatic N) is 1. The van der Waals surface area contributed by atoms with Crippen LogP contribution < -0.4 is 5.32 Å². The first-order valence-corrected chi connectivity index (χ1v) is 6.33. The van der Waals surface area contributed by atoms with Crippen LogP contribution in [0.3, 0.4) is 0 Å². The highest BCUT2D eigenvalue weighted by Gasteiger charge is 2.14. The lowest BCUT2D eigenvalue weighted by molar-refractivity contribution is 0.120. The van der Waals surface area contributed by atoms with Gasteiger partial charge in [-0.05, 0) is 44.6 Å². The third-order valence-electron chi connectivity index (χ3n) is 3.01. The van der Waals surface area contributed by atoms with Crippen molar-refractivity contribution in [3.63, 3.8) is 0 Å². The van der Waals surface area contributed by atoms with Crippen LogP contribution in [0.15, 0.2) is 24.3 Å². The van der Waals surface area contributed by atoms with Gasteiger partial charge in [0.2, 0.25) is 0 Å². The Labute approximate surface area is 104 Å². The summed E-state index contributed by atoms with van der Waals surface area (Å²) in [5.41, 5.74) is 2.53. The van der Waals surface area contributed by atoms with Crippen LogP contribution in [-0.4, -0.2) is 38.3 Å². The Morgan fingerprint density at radius 3 is 2.65 bits per heavy atom. The Hall–Kier alpha value is -1.06. The lowest BCUT2D eigenvalue weighted by atomic mass is 10.2. The summed E-state index contributed by atoms with van der Waals surface area (Å²) in [6.07, 6.45) is 2.79. The van der Waals surface area contributed by atoms with Gasteiger partial charge >= 0.3 is 0 Å². The average molecular weight is 234 g/mol. The largest absolute Gasteiger partial charge is 0.382 e. The van der Waals surface area contributed by atoms with Gasteiger partial charge in [0, 0.05) is 25.4 Å². The van der Waals surface area contributed by atoms with Gasteiger partial charge in [0.15, 0.2) is 0 Å². The van der Waals surface area contributed by atoms with E-state index >= 15 is 0 Å². The number of benzene rings is 1. The van der Waals surface area contributed by atoms with E-state index in [1.807, 2.05) is 0 Å². The molecule has 94 valence electrons. The van der Waals surface area contributed by atoms with Crippen molar-refractivity contribution in [2.75, 3.05) is 32.6 Å². The molecule has 0 aromatic heterocycles. The van der Waals surface area contributed by atoms with Gasteiger partial charge in [-0.25, -0.2) is 0 Å². The van der Waals surface area contributed by atoms with Crippen LogP contribution >= 0.6 is 0 Å². The van der Waals surface area contributed by atoms with Gasteiger partial charge in [-0.3, -0.25) is 0 Å². The van der Waals surface area contributed by atoms with Gasteiger partial charge in [0.1, 0.15) is 0 Å². The molecule has 3 nitrogen and oxygen atoms in total. The number of anilines is 1. The predicted molar refractivity (Wildman–Crippen MR) is 71.3 cm³/mol. The molecule has 1 aromatic carbocycles. The summed E-state index contributed by atoms with van der Waals surface area (Å²) in [6.45, 7) is 2.84. The molecule has 0 radical (unpaired) electrons. The smallest absolute Gasteiger partial charge is 0.0748 e. The van der Waals surface area contributed by atoms with Gasteiger partial charge in [-0.2, -0.15) is 0 Å². The van der Waals surface area contributed by atoms with Gasteiger partial charge in [0.05, 0.1) is 6.10 Å². The van der Waals surface area contributed by atoms with Crippen molar-refractivity contribution in [3.8, 4) is 0 Å². The highest BCUT2D eigenvalue weighted by Crippen LogP contribution is 2.15. The monoisotopic (exact) mass is 234 g/mol. The minimum absolute atomic E-state index is 0.399. The molecule has 1 fully saturated rings. The number of nitrogens with one attached hydrogen (secondary N) is 1. The van der Waals surface area contributed by atoms with Gasteiger partial charge in [-0.15, -0.1) is 0 Å². The van der Waals surface area contributed by atoms with E-state index < -0.39 is 0 Å². The Morgan fingerprint density at radius 2 is 2.06 bits per heavy atom. The molecular weight excluding hydrogens is 212 g/mol. The van der Waals surface area contributed by atoms with Crippen LogP contribution in [0.5, 0.6) is 0 Å². The van der Waals surface area contributed by atoms with E-state index in [2.05, 4.69) is 48.6 Å². The second kappa shape index (κ2) is 6.03. The molecule has 1 unspecified atom stereocenters. The second-order valence-electron chi connectivity index (χ2n) is 4.95. The highest BCUT2D eigenvalue weighted by atomic mass is 16.5. The second-order valence-corrected chi connectivity index (χ2v) is 4.95. The van der Waals surface area contributed by atoms with E-state index in [1.54, 1.807) is 0 Å². The van der Waals surface area contributed by atoms with Crippen molar-refractivity contribution in [1.82, 2.24) is 4.90 Å². The highest BCUT2D eigenvalue weighted by molar-refractivity contribution is 5.44. The van der Waals surface area contributed by atoms with Crippen molar-refractivity contribution in [2.24, 2.45) is 0 Å². The van der Waals surface area contributed by atoms with Crippen molar-refractivity contribution in [3.05, 3.63) is 29.8 Å². The maximum Gasteiger partial charge on any atom is 0.0748 e. The van der Waals surface area contributed by atoms with Crippen LogP contribution in [0.2, 0.25) is 0 Å². The Bertz CT molecular complexity index is 329. The fraction of sp³-hybridized carbons (Fsp3) is 0.571. The van der Waals surface area contributed by atoms with Crippen molar-refractivity contribution in [1.29, 1.82) is 0 Å². The van der Waals surface area contributed by atoms with Crippen molar-refractivity contribution < 1.29 is 4.74 Å². The maximum atomic E-state index is 5.58.